The van der Waals surface area contributed by atoms with Crippen LogP contribution < -0.4 is 5.73 Å². The summed E-state index contributed by atoms with van der Waals surface area (Å²) in [6, 6.07) is 2.71. The molecule has 0 amide bonds. The number of rotatable bonds is 2. The Kier molecular flexibility index (Phi) is 4.59. The predicted octanol–water partition coefficient (Wildman–Crippen LogP) is 3.52. The van der Waals surface area contributed by atoms with Gasteiger partial charge < -0.3 is 10.8 Å². The highest BCUT2D eigenvalue weighted by molar-refractivity contribution is 9.10. The molecule has 2 rings (SSSR count). The zero-order chi connectivity index (χ0) is 11.0. The fourth-order valence-corrected chi connectivity index (χ4v) is 2.24. The van der Waals surface area contributed by atoms with Crippen LogP contribution >= 0.6 is 28.3 Å². The molecule has 1 saturated carbocycles. The van der Waals surface area contributed by atoms with Crippen LogP contribution in [0.25, 0.3) is 0 Å². The number of aromatic hydroxyl groups is 1. The van der Waals surface area contributed by atoms with E-state index in [1.165, 1.54) is 12.5 Å². The van der Waals surface area contributed by atoms with Gasteiger partial charge in [0.1, 0.15) is 11.6 Å². The molecule has 1 aliphatic carbocycles. The van der Waals surface area contributed by atoms with Gasteiger partial charge in [-0.2, -0.15) is 0 Å². The highest BCUT2D eigenvalue weighted by Gasteiger charge is 2.28. The number of benzene rings is 1. The van der Waals surface area contributed by atoms with E-state index in [1.54, 1.807) is 6.07 Å². The van der Waals surface area contributed by atoms with Gasteiger partial charge in [0.2, 0.25) is 0 Å². The van der Waals surface area contributed by atoms with E-state index in [4.69, 9.17) is 5.73 Å². The number of phenolic OH excluding ortho intramolecular Hbond substituents is 1. The first kappa shape index (κ1) is 13.7. The number of nitrogens with two attached hydrogens (primary N) is 1. The van der Waals surface area contributed by atoms with Gasteiger partial charge in [-0.1, -0.05) is 12.5 Å². The minimum absolute atomic E-state index is 0. The van der Waals surface area contributed by atoms with Gasteiger partial charge in [0, 0.05) is 11.6 Å². The minimum Gasteiger partial charge on any atom is -0.506 e. The van der Waals surface area contributed by atoms with Crippen molar-refractivity contribution in [2.75, 3.05) is 0 Å². The predicted molar refractivity (Wildman–Crippen MR) is 67.3 cm³/mol. The van der Waals surface area contributed by atoms with Crippen LogP contribution in [0.2, 0.25) is 0 Å². The van der Waals surface area contributed by atoms with Crippen LogP contribution in [-0.2, 0) is 0 Å². The third-order valence-electron chi connectivity index (χ3n) is 3.12. The summed E-state index contributed by atoms with van der Waals surface area (Å²) >= 11 is 3.01. The second kappa shape index (κ2) is 5.34. The summed E-state index contributed by atoms with van der Waals surface area (Å²) in [6.45, 7) is 0. The Morgan fingerprint density at radius 3 is 2.56 bits per heavy atom. The van der Waals surface area contributed by atoms with Gasteiger partial charge in [-0.25, -0.2) is 4.39 Å². The number of hydrogen-bond acceptors (Lipinski definition) is 2. The molecule has 1 aromatic rings. The van der Waals surface area contributed by atoms with Crippen LogP contribution in [-0.4, -0.2) is 5.11 Å². The lowest BCUT2D eigenvalue weighted by Gasteiger charge is -2.31. The first-order valence-corrected chi connectivity index (χ1v) is 5.83. The largest absolute Gasteiger partial charge is 0.506 e. The lowest BCUT2D eigenvalue weighted by Crippen LogP contribution is -2.26. The van der Waals surface area contributed by atoms with Gasteiger partial charge in [-0.05, 0) is 40.8 Å². The van der Waals surface area contributed by atoms with E-state index >= 15 is 0 Å². The minimum atomic E-state index is -0.461. The second-order valence-corrected chi connectivity index (χ2v) is 4.81. The van der Waals surface area contributed by atoms with E-state index < -0.39 is 5.82 Å². The summed E-state index contributed by atoms with van der Waals surface area (Å²) in [5.41, 5.74) is 6.65. The van der Waals surface area contributed by atoms with E-state index in [1.807, 2.05) is 0 Å². The molecule has 1 aromatic carbocycles. The van der Waals surface area contributed by atoms with Crippen LogP contribution in [0.3, 0.4) is 0 Å². The third kappa shape index (κ3) is 2.34. The molecule has 0 spiro atoms. The molecule has 0 heterocycles. The van der Waals surface area contributed by atoms with Crippen molar-refractivity contribution < 1.29 is 9.50 Å². The molecule has 1 aliphatic rings. The molecule has 1 atom stereocenters. The van der Waals surface area contributed by atoms with Crippen molar-refractivity contribution in [1.29, 1.82) is 0 Å². The van der Waals surface area contributed by atoms with Crippen LogP contribution in [0, 0.1) is 11.7 Å². The summed E-state index contributed by atoms with van der Waals surface area (Å²) < 4.78 is 13.2. The quantitative estimate of drug-likeness (QED) is 0.878. The Bertz CT molecular complexity index is 384. The van der Waals surface area contributed by atoms with E-state index in [9.17, 15) is 9.50 Å². The molecule has 90 valence electrons. The SMILES string of the molecule is Cl.N[C@@H](c1ccc(F)c(Br)c1O)C1CCC1. The summed E-state index contributed by atoms with van der Waals surface area (Å²) in [5, 5.41) is 9.75. The second-order valence-electron chi connectivity index (χ2n) is 4.02. The molecule has 0 saturated heterocycles. The standard InChI is InChI=1S/C11H13BrFNO.ClH/c12-9-8(13)5-4-7(11(9)15)10(14)6-2-1-3-6;/h4-6,10,15H,1-3,14H2;1H/t10-;/m1./s1. The van der Waals surface area contributed by atoms with Crippen LogP contribution in [0.1, 0.15) is 30.9 Å². The van der Waals surface area contributed by atoms with Crippen molar-refractivity contribution in [2.45, 2.75) is 25.3 Å². The summed E-state index contributed by atoms with van der Waals surface area (Å²) in [6.07, 6.45) is 3.38. The van der Waals surface area contributed by atoms with E-state index in [0.717, 1.165) is 12.8 Å². The first-order chi connectivity index (χ1) is 7.11. The van der Waals surface area contributed by atoms with Crippen molar-refractivity contribution in [3.63, 3.8) is 0 Å². The molecule has 0 aromatic heterocycles. The lowest BCUT2D eigenvalue weighted by atomic mass is 9.77. The Hall–Kier alpha value is -0.320. The van der Waals surface area contributed by atoms with Gasteiger partial charge >= 0.3 is 0 Å². The van der Waals surface area contributed by atoms with Gasteiger partial charge in [0.15, 0.2) is 0 Å². The number of hydrogen-bond donors (Lipinski definition) is 2. The first-order valence-electron chi connectivity index (χ1n) is 5.03. The molecule has 2 nitrogen and oxygen atoms in total. The molecule has 0 radical (unpaired) electrons. The molecule has 5 heteroatoms. The average molecular weight is 311 g/mol. The van der Waals surface area contributed by atoms with Crippen molar-refractivity contribution in [3.05, 3.63) is 28.0 Å². The lowest BCUT2D eigenvalue weighted by molar-refractivity contribution is 0.260. The molecule has 0 bridgehead atoms. The smallest absolute Gasteiger partial charge is 0.141 e. The molecule has 0 unspecified atom stereocenters. The summed E-state index contributed by atoms with van der Waals surface area (Å²) in [7, 11) is 0. The van der Waals surface area contributed by atoms with Gasteiger partial charge in [0.25, 0.3) is 0 Å². The molecule has 3 N–H and O–H groups in total. The maximum Gasteiger partial charge on any atom is 0.141 e. The van der Waals surface area contributed by atoms with Crippen molar-refractivity contribution in [3.8, 4) is 5.75 Å². The molecule has 1 fully saturated rings. The highest BCUT2D eigenvalue weighted by Crippen LogP contribution is 2.41. The Labute approximate surface area is 109 Å². The van der Waals surface area contributed by atoms with E-state index in [2.05, 4.69) is 15.9 Å². The van der Waals surface area contributed by atoms with Crippen molar-refractivity contribution in [2.24, 2.45) is 11.7 Å². The Balaban J connectivity index is 0.00000128. The topological polar surface area (TPSA) is 46.2 Å². The number of phenols is 1. The van der Waals surface area contributed by atoms with Gasteiger partial charge in [-0.3, -0.25) is 0 Å². The average Bonchev–Trinajstić information content (AvgIpc) is 2.11. The van der Waals surface area contributed by atoms with Crippen LogP contribution in [0.5, 0.6) is 5.75 Å². The normalized spacial score (nSPS) is 17.4. The van der Waals surface area contributed by atoms with Gasteiger partial charge in [-0.15, -0.1) is 12.4 Å². The molecular weight excluding hydrogens is 296 g/mol. The van der Waals surface area contributed by atoms with E-state index in [-0.39, 0.29) is 28.7 Å². The fourth-order valence-electron chi connectivity index (χ4n) is 1.88. The van der Waals surface area contributed by atoms with Crippen LogP contribution in [0.4, 0.5) is 4.39 Å². The molecule has 0 aliphatic heterocycles. The zero-order valence-corrected chi connectivity index (χ0v) is 11.0. The molecular formula is C11H14BrClFNO. The number of halogens is 3. The maximum absolute atomic E-state index is 13.1. The third-order valence-corrected chi connectivity index (χ3v) is 3.87. The highest BCUT2D eigenvalue weighted by atomic mass is 79.9. The van der Waals surface area contributed by atoms with E-state index in [0.29, 0.717) is 11.5 Å². The Morgan fingerprint density at radius 1 is 1.44 bits per heavy atom. The Morgan fingerprint density at radius 2 is 2.06 bits per heavy atom. The summed E-state index contributed by atoms with van der Waals surface area (Å²) in [4.78, 5) is 0. The summed E-state index contributed by atoms with van der Waals surface area (Å²) in [5.74, 6) is -0.0975. The van der Waals surface area contributed by atoms with Gasteiger partial charge in [0.05, 0.1) is 4.47 Å². The fraction of sp³-hybridized carbons (Fsp3) is 0.455. The zero-order valence-electron chi connectivity index (χ0n) is 8.62. The van der Waals surface area contributed by atoms with Crippen LogP contribution in [0.15, 0.2) is 16.6 Å². The monoisotopic (exact) mass is 309 g/mol. The maximum atomic E-state index is 13.1. The molecule has 16 heavy (non-hydrogen) atoms. The van der Waals surface area contributed by atoms with Crippen molar-refractivity contribution >= 4 is 28.3 Å². The van der Waals surface area contributed by atoms with Crippen molar-refractivity contribution in [1.82, 2.24) is 0 Å².